The van der Waals surface area contributed by atoms with Gasteiger partial charge in [-0.05, 0) is 25.1 Å². The number of fused-ring (bicyclic) bond motifs is 1. The average molecular weight is 348 g/mol. The van der Waals surface area contributed by atoms with E-state index in [0.717, 1.165) is 0 Å². The fourth-order valence-corrected chi connectivity index (χ4v) is 2.77. The Balaban J connectivity index is 1.79. The standard InChI is InChI=1S/C14H12N4O5S/c1-7-16-17-14(24-7)15-11(19)5-18-9-3-2-8(13(21)22)4-10(9)23-6-12(18)20/h2-4H,5-6H2,1H3,(H,21,22)(H,15,17,19). The number of carboxylic acid groups (broad SMARTS) is 1. The van der Waals surface area contributed by atoms with Crippen LogP contribution in [0.5, 0.6) is 5.75 Å². The number of hydrogen-bond acceptors (Lipinski definition) is 7. The number of ether oxygens (including phenoxy) is 1. The normalized spacial score (nSPS) is 13.2. The van der Waals surface area contributed by atoms with E-state index in [1.54, 1.807) is 6.92 Å². The molecule has 0 saturated heterocycles. The average Bonchev–Trinajstić information content (AvgIpc) is 2.94. The summed E-state index contributed by atoms with van der Waals surface area (Å²) in [5.74, 6) is -1.69. The van der Waals surface area contributed by atoms with E-state index in [1.165, 1.54) is 34.4 Å². The van der Waals surface area contributed by atoms with Crippen LogP contribution in [0.3, 0.4) is 0 Å². The second-order valence-electron chi connectivity index (χ2n) is 4.93. The van der Waals surface area contributed by atoms with Crippen LogP contribution >= 0.6 is 11.3 Å². The highest BCUT2D eigenvalue weighted by atomic mass is 32.1. The highest BCUT2D eigenvalue weighted by Gasteiger charge is 2.28. The van der Waals surface area contributed by atoms with Crippen molar-refractivity contribution in [2.75, 3.05) is 23.4 Å². The van der Waals surface area contributed by atoms with E-state index in [2.05, 4.69) is 15.5 Å². The fraction of sp³-hybridized carbons (Fsp3) is 0.214. The minimum absolute atomic E-state index is 0.0387. The van der Waals surface area contributed by atoms with Gasteiger partial charge in [0, 0.05) is 0 Å². The molecule has 0 spiro atoms. The van der Waals surface area contributed by atoms with E-state index in [1.807, 2.05) is 0 Å². The fourth-order valence-electron chi connectivity index (χ4n) is 2.16. The smallest absolute Gasteiger partial charge is 0.335 e. The lowest BCUT2D eigenvalue weighted by molar-refractivity contribution is -0.123. The molecule has 0 fully saturated rings. The molecule has 2 heterocycles. The number of nitrogens with zero attached hydrogens (tertiary/aromatic N) is 3. The Morgan fingerprint density at radius 2 is 2.21 bits per heavy atom. The number of hydrogen-bond donors (Lipinski definition) is 2. The van der Waals surface area contributed by atoms with Crippen LogP contribution in [0, 0.1) is 6.92 Å². The van der Waals surface area contributed by atoms with E-state index in [-0.39, 0.29) is 24.5 Å². The van der Waals surface area contributed by atoms with Crippen LogP contribution in [0.25, 0.3) is 0 Å². The van der Waals surface area contributed by atoms with E-state index in [4.69, 9.17) is 9.84 Å². The Bertz CT molecular complexity index is 834. The van der Waals surface area contributed by atoms with Crippen LogP contribution in [-0.4, -0.2) is 46.2 Å². The third kappa shape index (κ3) is 3.18. The first-order valence-corrected chi connectivity index (χ1v) is 7.66. The van der Waals surface area contributed by atoms with E-state index >= 15 is 0 Å². The second kappa shape index (κ2) is 6.24. The van der Waals surface area contributed by atoms with Gasteiger partial charge in [0.2, 0.25) is 11.0 Å². The Morgan fingerprint density at radius 1 is 1.42 bits per heavy atom. The molecule has 0 bridgehead atoms. The van der Waals surface area contributed by atoms with Crippen LogP contribution < -0.4 is 15.0 Å². The van der Waals surface area contributed by atoms with Gasteiger partial charge in [0.05, 0.1) is 11.3 Å². The molecule has 1 aromatic carbocycles. The van der Waals surface area contributed by atoms with Crippen LogP contribution in [-0.2, 0) is 9.59 Å². The molecule has 2 aromatic rings. The number of aromatic nitrogens is 2. The molecule has 0 atom stereocenters. The first kappa shape index (κ1) is 15.9. The molecule has 124 valence electrons. The third-order valence-electron chi connectivity index (χ3n) is 3.22. The van der Waals surface area contributed by atoms with E-state index < -0.39 is 17.8 Å². The number of carboxylic acids is 1. The van der Waals surface area contributed by atoms with Crippen LogP contribution in [0.15, 0.2) is 18.2 Å². The highest BCUT2D eigenvalue weighted by Crippen LogP contribution is 2.33. The maximum absolute atomic E-state index is 12.1. The quantitative estimate of drug-likeness (QED) is 0.842. The first-order valence-electron chi connectivity index (χ1n) is 6.84. The molecule has 10 heteroatoms. The van der Waals surface area contributed by atoms with Crippen molar-refractivity contribution >= 4 is 39.9 Å². The zero-order chi connectivity index (χ0) is 17.3. The number of benzene rings is 1. The van der Waals surface area contributed by atoms with Crippen molar-refractivity contribution in [1.29, 1.82) is 0 Å². The summed E-state index contributed by atoms with van der Waals surface area (Å²) in [4.78, 5) is 36.4. The molecule has 2 amide bonds. The number of aromatic carboxylic acids is 1. The van der Waals surface area contributed by atoms with Crippen molar-refractivity contribution in [3.63, 3.8) is 0 Å². The summed E-state index contributed by atoms with van der Waals surface area (Å²) < 4.78 is 5.25. The van der Waals surface area contributed by atoms with Gasteiger partial charge < -0.3 is 9.84 Å². The lowest BCUT2D eigenvalue weighted by Gasteiger charge is -2.28. The van der Waals surface area contributed by atoms with Gasteiger partial charge in [-0.15, -0.1) is 10.2 Å². The minimum atomic E-state index is -1.10. The van der Waals surface area contributed by atoms with Crippen molar-refractivity contribution in [2.24, 2.45) is 0 Å². The Hall–Kier alpha value is -3.01. The van der Waals surface area contributed by atoms with Gasteiger partial charge in [-0.25, -0.2) is 4.79 Å². The molecule has 0 aliphatic carbocycles. The Morgan fingerprint density at radius 3 is 2.88 bits per heavy atom. The summed E-state index contributed by atoms with van der Waals surface area (Å²) in [7, 11) is 0. The predicted octanol–water partition coefficient (Wildman–Crippen LogP) is 0.909. The summed E-state index contributed by atoms with van der Waals surface area (Å²) in [5, 5.41) is 20.2. The van der Waals surface area contributed by atoms with Gasteiger partial charge in [0.1, 0.15) is 17.3 Å². The number of rotatable bonds is 4. The molecular weight excluding hydrogens is 336 g/mol. The van der Waals surface area contributed by atoms with E-state index in [9.17, 15) is 14.4 Å². The molecule has 2 N–H and O–H groups in total. The maximum Gasteiger partial charge on any atom is 0.335 e. The molecular formula is C14H12N4O5S. The van der Waals surface area contributed by atoms with E-state index in [0.29, 0.717) is 15.8 Å². The maximum atomic E-state index is 12.1. The van der Waals surface area contributed by atoms with Gasteiger partial charge in [-0.2, -0.15) is 0 Å². The monoisotopic (exact) mass is 348 g/mol. The van der Waals surface area contributed by atoms with Gasteiger partial charge in [-0.1, -0.05) is 11.3 Å². The van der Waals surface area contributed by atoms with Crippen molar-refractivity contribution < 1.29 is 24.2 Å². The van der Waals surface area contributed by atoms with Crippen molar-refractivity contribution in [3.05, 3.63) is 28.8 Å². The third-order valence-corrected chi connectivity index (χ3v) is 3.98. The molecule has 1 aliphatic rings. The molecule has 9 nitrogen and oxygen atoms in total. The molecule has 0 unspecified atom stereocenters. The zero-order valence-corrected chi connectivity index (χ0v) is 13.3. The Kier molecular flexibility index (Phi) is 4.13. The molecule has 0 saturated carbocycles. The largest absolute Gasteiger partial charge is 0.482 e. The molecule has 24 heavy (non-hydrogen) atoms. The van der Waals surface area contributed by atoms with Crippen LogP contribution in [0.4, 0.5) is 10.8 Å². The number of carbonyl (C=O) groups is 3. The second-order valence-corrected chi connectivity index (χ2v) is 6.11. The van der Waals surface area contributed by atoms with Crippen molar-refractivity contribution in [3.8, 4) is 5.75 Å². The summed E-state index contributed by atoms with van der Waals surface area (Å²) in [6.45, 7) is 1.26. The summed E-state index contributed by atoms with van der Waals surface area (Å²) in [5.41, 5.74) is 0.386. The number of anilines is 2. The number of aryl methyl sites for hydroxylation is 1. The summed E-state index contributed by atoms with van der Waals surface area (Å²) >= 11 is 1.22. The molecule has 1 aromatic heterocycles. The SMILES string of the molecule is Cc1nnc(NC(=O)CN2C(=O)COc3cc(C(=O)O)ccc32)s1. The number of nitrogens with one attached hydrogen (secondary N) is 1. The molecule has 3 rings (SSSR count). The lowest BCUT2D eigenvalue weighted by atomic mass is 10.1. The number of amides is 2. The lowest BCUT2D eigenvalue weighted by Crippen LogP contribution is -2.43. The number of carbonyl (C=O) groups excluding carboxylic acids is 2. The van der Waals surface area contributed by atoms with Crippen molar-refractivity contribution in [1.82, 2.24) is 10.2 Å². The summed E-state index contributed by atoms with van der Waals surface area (Å²) in [6.07, 6.45) is 0. The highest BCUT2D eigenvalue weighted by molar-refractivity contribution is 7.15. The van der Waals surface area contributed by atoms with Crippen LogP contribution in [0.1, 0.15) is 15.4 Å². The zero-order valence-electron chi connectivity index (χ0n) is 12.5. The topological polar surface area (TPSA) is 122 Å². The molecule has 0 radical (unpaired) electrons. The first-order chi connectivity index (χ1) is 11.4. The van der Waals surface area contributed by atoms with Gasteiger partial charge in [0.25, 0.3) is 5.91 Å². The minimum Gasteiger partial charge on any atom is -0.482 e. The van der Waals surface area contributed by atoms with Gasteiger partial charge in [0.15, 0.2) is 6.61 Å². The summed E-state index contributed by atoms with van der Waals surface area (Å²) in [6, 6.07) is 4.11. The molecule has 1 aliphatic heterocycles. The Labute approximate surface area is 139 Å². The van der Waals surface area contributed by atoms with Crippen molar-refractivity contribution in [2.45, 2.75) is 6.92 Å². The van der Waals surface area contributed by atoms with Crippen LogP contribution in [0.2, 0.25) is 0 Å². The predicted molar refractivity (Wildman–Crippen MR) is 84.5 cm³/mol. The van der Waals surface area contributed by atoms with Gasteiger partial charge in [-0.3, -0.25) is 19.8 Å². The van der Waals surface area contributed by atoms with Gasteiger partial charge >= 0.3 is 5.97 Å².